The van der Waals surface area contributed by atoms with Gasteiger partial charge in [-0.3, -0.25) is 14.3 Å². The molecule has 0 spiro atoms. The highest BCUT2D eigenvalue weighted by Crippen LogP contribution is 2.11. The fourth-order valence-corrected chi connectivity index (χ4v) is 3.26. The van der Waals surface area contributed by atoms with Gasteiger partial charge in [-0.25, -0.2) is 9.59 Å². The molecule has 0 aliphatic carbocycles. The number of hydrogen-bond donors (Lipinski definition) is 3. The third-order valence-electron chi connectivity index (χ3n) is 4.47. The van der Waals surface area contributed by atoms with E-state index in [1.165, 1.54) is 4.57 Å². The van der Waals surface area contributed by atoms with Crippen LogP contribution in [0.4, 0.5) is 4.79 Å². The van der Waals surface area contributed by atoms with Gasteiger partial charge in [-0.1, -0.05) is 29.8 Å². The Morgan fingerprint density at radius 1 is 1.34 bits per heavy atom. The maximum Gasteiger partial charge on any atom is 0.407 e. The maximum atomic E-state index is 11.6. The molecule has 1 amide bonds. The van der Waals surface area contributed by atoms with E-state index in [1.54, 1.807) is 24.3 Å². The molecule has 10 heteroatoms. The summed E-state index contributed by atoms with van der Waals surface area (Å²) in [5.41, 5.74) is -0.426. The van der Waals surface area contributed by atoms with Crippen LogP contribution in [0, 0.1) is 11.3 Å². The van der Waals surface area contributed by atoms with Crippen molar-refractivity contribution in [1.82, 2.24) is 20.2 Å². The summed E-state index contributed by atoms with van der Waals surface area (Å²) in [5, 5.41) is 15.1. The molecule has 32 heavy (non-hydrogen) atoms. The van der Waals surface area contributed by atoms with Crippen molar-refractivity contribution in [2.24, 2.45) is 0 Å². The van der Waals surface area contributed by atoms with Crippen molar-refractivity contribution in [2.45, 2.75) is 51.8 Å². The first-order valence-corrected chi connectivity index (χ1v) is 10.6. The number of rotatable bonds is 3. The first-order chi connectivity index (χ1) is 15.1. The van der Waals surface area contributed by atoms with E-state index in [2.05, 4.69) is 15.6 Å². The van der Waals surface area contributed by atoms with Gasteiger partial charge in [-0.2, -0.15) is 5.26 Å². The zero-order valence-electron chi connectivity index (χ0n) is 18.4. The number of aromatic nitrogens is 2. The predicted octanol–water partition coefficient (Wildman–Crippen LogP) is 2.37. The van der Waals surface area contributed by atoms with Gasteiger partial charge in [0.05, 0.1) is 18.2 Å². The Labute approximate surface area is 191 Å². The number of aromatic amines is 1. The smallest absolute Gasteiger partial charge is 0.407 e. The van der Waals surface area contributed by atoms with Gasteiger partial charge in [-0.05, 0) is 51.8 Å². The van der Waals surface area contributed by atoms with E-state index < -0.39 is 16.9 Å². The second-order valence-electron chi connectivity index (χ2n) is 8.31. The van der Waals surface area contributed by atoms with Crippen molar-refractivity contribution in [3.63, 3.8) is 0 Å². The molecule has 1 saturated heterocycles. The molecule has 0 saturated carbocycles. The highest BCUT2D eigenvalue weighted by atomic mass is 35.5. The van der Waals surface area contributed by atoms with Crippen molar-refractivity contribution in [3.8, 4) is 6.07 Å². The number of carbonyl (C=O) groups is 1. The van der Waals surface area contributed by atoms with Crippen LogP contribution < -0.4 is 21.9 Å². The average molecular weight is 462 g/mol. The fraction of sp³-hybridized carbons (Fsp3) is 0.455. The van der Waals surface area contributed by atoms with Gasteiger partial charge in [-0.15, -0.1) is 0 Å². The minimum Gasteiger partial charge on any atom is -0.444 e. The summed E-state index contributed by atoms with van der Waals surface area (Å²) in [6.45, 7) is 7.63. The number of alkyl carbamates (subject to hydrolysis) is 1. The van der Waals surface area contributed by atoms with Crippen molar-refractivity contribution in [3.05, 3.63) is 67.4 Å². The number of H-pyrrole nitrogens is 1. The molecule has 3 rings (SSSR count). The van der Waals surface area contributed by atoms with E-state index in [4.69, 9.17) is 21.6 Å². The molecule has 9 nitrogen and oxygen atoms in total. The molecule has 1 aromatic carbocycles. The SMILES string of the molecule is CC(C)(C)OC(=O)N[C@@H]1CCCNC1.N#Cc1ccccc1Cn1c(Cl)cc(=O)[nH]c1=O. The summed E-state index contributed by atoms with van der Waals surface area (Å²) < 4.78 is 6.36. The van der Waals surface area contributed by atoms with Gasteiger partial charge < -0.3 is 15.4 Å². The topological polar surface area (TPSA) is 129 Å². The van der Waals surface area contributed by atoms with Crippen LogP contribution in [0.15, 0.2) is 39.9 Å². The molecular weight excluding hydrogens is 434 g/mol. The van der Waals surface area contributed by atoms with Crippen LogP contribution in [0.25, 0.3) is 0 Å². The van der Waals surface area contributed by atoms with Crippen LogP contribution >= 0.6 is 11.6 Å². The average Bonchev–Trinajstić information content (AvgIpc) is 2.70. The first-order valence-electron chi connectivity index (χ1n) is 10.3. The molecule has 1 aliphatic rings. The van der Waals surface area contributed by atoms with Crippen molar-refractivity contribution < 1.29 is 9.53 Å². The van der Waals surface area contributed by atoms with Crippen LogP contribution in [0.3, 0.4) is 0 Å². The Balaban J connectivity index is 0.000000235. The summed E-state index contributed by atoms with van der Waals surface area (Å²) in [5.74, 6) is 0. The number of halogens is 1. The minimum absolute atomic E-state index is 0.0384. The van der Waals surface area contributed by atoms with E-state index in [0.29, 0.717) is 11.1 Å². The molecule has 1 aliphatic heterocycles. The highest BCUT2D eigenvalue weighted by Gasteiger charge is 2.20. The molecule has 0 radical (unpaired) electrons. The monoisotopic (exact) mass is 461 g/mol. The Kier molecular flexibility index (Phi) is 9.05. The van der Waals surface area contributed by atoms with Gasteiger partial charge in [0.25, 0.3) is 5.56 Å². The zero-order valence-corrected chi connectivity index (χ0v) is 19.2. The Bertz CT molecular complexity index is 1080. The lowest BCUT2D eigenvalue weighted by molar-refractivity contribution is 0.0497. The molecular formula is C22H28ClN5O4. The van der Waals surface area contributed by atoms with E-state index >= 15 is 0 Å². The van der Waals surface area contributed by atoms with Crippen molar-refractivity contribution in [2.75, 3.05) is 13.1 Å². The number of nitrogens with zero attached hydrogens (tertiary/aromatic N) is 2. The zero-order chi connectivity index (χ0) is 23.7. The molecule has 1 fully saturated rings. The molecule has 2 aromatic rings. The summed E-state index contributed by atoms with van der Waals surface area (Å²) in [6.07, 6.45) is 1.83. The second kappa shape index (κ2) is 11.5. The van der Waals surface area contributed by atoms with Crippen LogP contribution in [-0.4, -0.2) is 40.4 Å². The number of hydrogen-bond acceptors (Lipinski definition) is 6. The van der Waals surface area contributed by atoms with Gasteiger partial charge in [0.15, 0.2) is 0 Å². The molecule has 1 aromatic heterocycles. The lowest BCUT2D eigenvalue weighted by atomic mass is 10.1. The normalized spacial score (nSPS) is 15.7. The lowest BCUT2D eigenvalue weighted by Gasteiger charge is -2.26. The third kappa shape index (κ3) is 8.21. The number of ether oxygens (including phenoxy) is 1. The molecule has 2 heterocycles. The molecule has 1 atom stereocenters. The predicted molar refractivity (Wildman–Crippen MR) is 122 cm³/mol. The fourth-order valence-electron chi connectivity index (χ4n) is 3.03. The molecule has 3 N–H and O–H groups in total. The minimum atomic E-state index is -0.597. The summed E-state index contributed by atoms with van der Waals surface area (Å²) in [6, 6.07) is 10.3. The highest BCUT2D eigenvalue weighted by molar-refractivity contribution is 6.29. The third-order valence-corrected chi connectivity index (χ3v) is 4.78. The summed E-state index contributed by atoms with van der Waals surface area (Å²) in [7, 11) is 0. The maximum absolute atomic E-state index is 11.6. The van der Waals surface area contributed by atoms with Crippen molar-refractivity contribution >= 4 is 17.7 Å². The number of benzene rings is 1. The molecule has 0 unspecified atom stereocenters. The second-order valence-corrected chi connectivity index (χ2v) is 8.69. The van der Waals surface area contributed by atoms with Crippen LogP contribution in [0.2, 0.25) is 5.15 Å². The van der Waals surface area contributed by atoms with Gasteiger partial charge in [0, 0.05) is 18.7 Å². The van der Waals surface area contributed by atoms with Crippen molar-refractivity contribution in [1.29, 1.82) is 5.26 Å². The van der Waals surface area contributed by atoms with Crippen LogP contribution in [0.5, 0.6) is 0 Å². The van der Waals surface area contributed by atoms with E-state index in [0.717, 1.165) is 32.0 Å². The van der Waals surface area contributed by atoms with Crippen LogP contribution in [-0.2, 0) is 11.3 Å². The Morgan fingerprint density at radius 3 is 2.66 bits per heavy atom. The molecule has 0 bridgehead atoms. The Morgan fingerprint density at radius 2 is 2.06 bits per heavy atom. The summed E-state index contributed by atoms with van der Waals surface area (Å²) in [4.78, 5) is 36.1. The van der Waals surface area contributed by atoms with Gasteiger partial charge in [0.1, 0.15) is 10.8 Å². The number of carbonyl (C=O) groups excluding carboxylic acids is 1. The van der Waals surface area contributed by atoms with E-state index in [-0.39, 0.29) is 23.8 Å². The number of amides is 1. The molecule has 172 valence electrons. The first kappa shape index (κ1) is 25.2. The van der Waals surface area contributed by atoms with E-state index in [9.17, 15) is 14.4 Å². The number of piperidine rings is 1. The number of nitriles is 1. The summed E-state index contributed by atoms with van der Waals surface area (Å²) >= 11 is 5.84. The van der Waals surface area contributed by atoms with E-state index in [1.807, 2.05) is 26.8 Å². The lowest BCUT2D eigenvalue weighted by Crippen LogP contribution is -2.47. The quantitative estimate of drug-likeness (QED) is 0.602. The standard InChI is InChI=1S/C12H8ClN3O2.C10H20N2O2/c13-10-5-11(17)15-12(18)16(10)7-9-4-2-1-3-8(9)6-14;1-10(2,3)14-9(13)12-8-5-4-6-11-7-8/h1-5H,7H2,(H,15,17,18);8,11H,4-7H2,1-3H3,(H,12,13)/t;8-/m.1/s1. The largest absolute Gasteiger partial charge is 0.444 e. The van der Waals surface area contributed by atoms with Gasteiger partial charge >= 0.3 is 11.8 Å². The number of nitrogens with one attached hydrogen (secondary N) is 3. The van der Waals surface area contributed by atoms with Gasteiger partial charge in [0.2, 0.25) is 0 Å². The Hall–Kier alpha value is -3.09. The van der Waals surface area contributed by atoms with Crippen LogP contribution in [0.1, 0.15) is 44.7 Å².